The summed E-state index contributed by atoms with van der Waals surface area (Å²) in [6, 6.07) is 12.3. The molecule has 0 saturated heterocycles. The number of benzene rings is 2. The molecule has 0 aliphatic heterocycles. The van der Waals surface area contributed by atoms with Crippen LogP contribution in [-0.2, 0) is 4.79 Å². The lowest BCUT2D eigenvalue weighted by Crippen LogP contribution is -1.94. The second-order valence-electron chi connectivity index (χ2n) is 4.76. The van der Waals surface area contributed by atoms with Gasteiger partial charge in [-0.25, -0.2) is 8.78 Å². The molecule has 2 aromatic rings. The van der Waals surface area contributed by atoms with Crippen LogP contribution >= 0.6 is 0 Å². The summed E-state index contributed by atoms with van der Waals surface area (Å²) in [6.45, 7) is 1.97. The summed E-state index contributed by atoms with van der Waals surface area (Å²) in [5.74, 6) is -0.632. The van der Waals surface area contributed by atoms with Gasteiger partial charge in [-0.05, 0) is 59.0 Å². The second-order valence-corrected chi connectivity index (χ2v) is 4.76. The molecule has 0 bridgehead atoms. The Bertz CT molecular complexity index is 648. The maximum absolute atomic E-state index is 13.2. The van der Waals surface area contributed by atoms with Gasteiger partial charge >= 0.3 is 0 Å². The number of hydrogen-bond acceptors (Lipinski definition) is 1. The molecule has 0 radical (unpaired) electrons. The zero-order valence-electron chi connectivity index (χ0n) is 12.2. The summed E-state index contributed by atoms with van der Waals surface area (Å²) < 4.78 is 26.3. The zero-order chi connectivity index (χ0) is 15.9. The van der Waals surface area contributed by atoms with E-state index in [9.17, 15) is 13.6 Å². The van der Waals surface area contributed by atoms with Crippen molar-refractivity contribution in [1.82, 2.24) is 0 Å². The summed E-state index contributed by atoms with van der Waals surface area (Å²) in [7, 11) is 0. The summed E-state index contributed by atoms with van der Waals surface area (Å²) in [6.07, 6.45) is 4.55. The largest absolute Gasteiger partial charge is 0.299 e. The van der Waals surface area contributed by atoms with Gasteiger partial charge in [0.05, 0.1) is 0 Å². The summed E-state index contributed by atoms with van der Waals surface area (Å²) in [4.78, 5) is 10.6. The fourth-order valence-corrected chi connectivity index (χ4v) is 2.30. The molecule has 2 rings (SSSR count). The standard InChI is InChI=1S/C19H16F2O/c1-2-14(4-3-13-22)19(15-5-9-17(20)10-6-15)16-7-11-18(21)12-8-16/h3-13H,2H2,1H3/b4-3+. The molecule has 0 heterocycles. The smallest absolute Gasteiger partial charge is 0.142 e. The Kier molecular flexibility index (Phi) is 5.37. The lowest BCUT2D eigenvalue weighted by Gasteiger charge is -2.13. The average molecular weight is 298 g/mol. The summed E-state index contributed by atoms with van der Waals surface area (Å²) in [5.41, 5.74) is 3.42. The molecule has 0 amide bonds. The molecule has 0 aliphatic carbocycles. The Labute approximate surface area is 128 Å². The third-order valence-electron chi connectivity index (χ3n) is 3.34. The Hall–Kier alpha value is -2.55. The third kappa shape index (κ3) is 3.76. The SMILES string of the molecule is CCC(/C=C/C=O)=C(c1ccc(F)cc1)c1ccc(F)cc1. The van der Waals surface area contributed by atoms with Crippen molar-refractivity contribution in [1.29, 1.82) is 0 Å². The van der Waals surface area contributed by atoms with E-state index in [-0.39, 0.29) is 11.6 Å². The molecule has 0 aliphatic rings. The Morgan fingerprint density at radius 1 is 0.909 bits per heavy atom. The number of halogens is 2. The molecular formula is C19H16F2O. The van der Waals surface area contributed by atoms with Crippen LogP contribution in [0, 0.1) is 11.6 Å². The van der Waals surface area contributed by atoms with Crippen molar-refractivity contribution >= 4 is 11.9 Å². The maximum Gasteiger partial charge on any atom is 0.142 e. The lowest BCUT2D eigenvalue weighted by molar-refractivity contribution is -0.104. The minimum absolute atomic E-state index is 0.316. The Morgan fingerprint density at radius 3 is 1.73 bits per heavy atom. The zero-order valence-corrected chi connectivity index (χ0v) is 12.2. The first kappa shape index (κ1) is 15.8. The van der Waals surface area contributed by atoms with Crippen LogP contribution in [0.2, 0.25) is 0 Å². The highest BCUT2D eigenvalue weighted by molar-refractivity contribution is 5.84. The van der Waals surface area contributed by atoms with Crippen molar-refractivity contribution in [3.63, 3.8) is 0 Å². The van der Waals surface area contributed by atoms with Crippen LogP contribution < -0.4 is 0 Å². The van der Waals surface area contributed by atoms with Gasteiger partial charge < -0.3 is 0 Å². The minimum Gasteiger partial charge on any atom is -0.299 e. The van der Waals surface area contributed by atoms with Gasteiger partial charge in [-0.3, -0.25) is 4.79 Å². The van der Waals surface area contributed by atoms with Crippen molar-refractivity contribution < 1.29 is 13.6 Å². The predicted octanol–water partition coefficient (Wildman–Crippen LogP) is 4.93. The second kappa shape index (κ2) is 7.46. The van der Waals surface area contributed by atoms with Crippen LogP contribution in [0.4, 0.5) is 8.78 Å². The van der Waals surface area contributed by atoms with E-state index in [1.165, 1.54) is 30.3 Å². The number of rotatable bonds is 5. The molecule has 0 fully saturated rings. The first-order valence-electron chi connectivity index (χ1n) is 7.02. The molecule has 1 nitrogen and oxygen atoms in total. The highest BCUT2D eigenvalue weighted by Crippen LogP contribution is 2.29. The number of carbonyl (C=O) groups is 1. The maximum atomic E-state index is 13.2. The van der Waals surface area contributed by atoms with Gasteiger partial charge in [0.1, 0.15) is 17.9 Å². The Morgan fingerprint density at radius 2 is 1.36 bits per heavy atom. The molecule has 0 aromatic heterocycles. The normalized spacial score (nSPS) is 10.7. The number of hydrogen-bond donors (Lipinski definition) is 0. The van der Waals surface area contributed by atoms with Crippen molar-refractivity contribution in [2.24, 2.45) is 0 Å². The highest BCUT2D eigenvalue weighted by atomic mass is 19.1. The number of allylic oxidation sites excluding steroid dienone is 3. The summed E-state index contributed by atoms with van der Waals surface area (Å²) >= 11 is 0. The van der Waals surface area contributed by atoms with Crippen molar-refractivity contribution in [2.45, 2.75) is 13.3 Å². The molecule has 0 spiro atoms. The van der Waals surface area contributed by atoms with Crippen molar-refractivity contribution in [3.05, 3.63) is 89.0 Å². The fraction of sp³-hybridized carbons (Fsp3) is 0.105. The van der Waals surface area contributed by atoms with Crippen LogP contribution in [0.25, 0.3) is 5.57 Å². The van der Waals surface area contributed by atoms with E-state index < -0.39 is 0 Å². The van der Waals surface area contributed by atoms with Gasteiger partial charge in [-0.2, -0.15) is 0 Å². The molecule has 112 valence electrons. The van der Waals surface area contributed by atoms with E-state index in [0.717, 1.165) is 22.3 Å². The van der Waals surface area contributed by atoms with Gasteiger partial charge in [-0.1, -0.05) is 37.3 Å². The monoisotopic (exact) mass is 298 g/mol. The van der Waals surface area contributed by atoms with Crippen LogP contribution in [0.1, 0.15) is 24.5 Å². The van der Waals surface area contributed by atoms with E-state index in [0.29, 0.717) is 12.7 Å². The van der Waals surface area contributed by atoms with Crippen LogP contribution in [0.5, 0.6) is 0 Å². The molecule has 0 unspecified atom stereocenters. The average Bonchev–Trinajstić information content (AvgIpc) is 2.54. The third-order valence-corrected chi connectivity index (χ3v) is 3.34. The molecular weight excluding hydrogens is 282 g/mol. The van der Waals surface area contributed by atoms with E-state index in [1.54, 1.807) is 30.3 Å². The molecule has 22 heavy (non-hydrogen) atoms. The van der Waals surface area contributed by atoms with Gasteiger partial charge in [-0.15, -0.1) is 0 Å². The predicted molar refractivity (Wildman–Crippen MR) is 84.3 cm³/mol. The van der Waals surface area contributed by atoms with Crippen LogP contribution in [0.3, 0.4) is 0 Å². The van der Waals surface area contributed by atoms with E-state index >= 15 is 0 Å². The fourth-order valence-electron chi connectivity index (χ4n) is 2.30. The van der Waals surface area contributed by atoms with Crippen molar-refractivity contribution in [3.8, 4) is 0 Å². The van der Waals surface area contributed by atoms with Crippen LogP contribution in [-0.4, -0.2) is 6.29 Å². The first-order chi connectivity index (χ1) is 10.7. The Balaban J connectivity index is 2.64. The van der Waals surface area contributed by atoms with Gasteiger partial charge in [0.25, 0.3) is 0 Å². The molecule has 0 N–H and O–H groups in total. The first-order valence-corrected chi connectivity index (χ1v) is 7.02. The molecule has 0 saturated carbocycles. The van der Waals surface area contributed by atoms with E-state index in [4.69, 9.17) is 0 Å². The lowest BCUT2D eigenvalue weighted by atomic mass is 9.91. The van der Waals surface area contributed by atoms with Crippen LogP contribution in [0.15, 0.2) is 66.3 Å². The van der Waals surface area contributed by atoms with Crippen molar-refractivity contribution in [2.75, 3.05) is 0 Å². The van der Waals surface area contributed by atoms with Gasteiger partial charge in [0.2, 0.25) is 0 Å². The molecule has 0 atom stereocenters. The quantitative estimate of drug-likeness (QED) is 0.434. The molecule has 2 aromatic carbocycles. The van der Waals surface area contributed by atoms with Gasteiger partial charge in [0.15, 0.2) is 0 Å². The van der Waals surface area contributed by atoms with E-state index in [1.807, 2.05) is 6.92 Å². The summed E-state index contributed by atoms with van der Waals surface area (Å²) in [5, 5.41) is 0. The number of carbonyl (C=O) groups excluding carboxylic acids is 1. The topological polar surface area (TPSA) is 17.1 Å². The van der Waals surface area contributed by atoms with E-state index in [2.05, 4.69) is 0 Å². The van der Waals surface area contributed by atoms with Gasteiger partial charge in [0, 0.05) is 0 Å². The molecule has 3 heteroatoms. The highest BCUT2D eigenvalue weighted by Gasteiger charge is 2.10. The number of aldehydes is 1. The minimum atomic E-state index is -0.316.